The Morgan fingerprint density at radius 1 is 0.496 bits per heavy atom. The number of methoxy groups -OCH3 is 2. The Kier molecular flexibility index (Phi) is 28.5. The highest BCUT2D eigenvalue weighted by Crippen LogP contribution is 2.46. The van der Waals surface area contributed by atoms with Crippen LogP contribution in [-0.2, 0) is 66.4 Å². The molecule has 3 heterocycles. The lowest BCUT2D eigenvalue weighted by molar-refractivity contribution is -0.156. The monoisotopic (exact) mass is 1550 g/mol. The fourth-order valence-electron chi connectivity index (χ4n) is 13.6. The normalized spacial score (nSPS) is 15.2. The summed E-state index contributed by atoms with van der Waals surface area (Å²) < 4.78 is 56.9. The third-order valence-electron chi connectivity index (χ3n) is 19.3. The predicted octanol–water partition coefficient (Wildman–Crippen LogP) is 10.8. The topological polar surface area (TPSA) is 261 Å². The van der Waals surface area contributed by atoms with E-state index in [0.29, 0.717) is 57.9 Å². The molecule has 0 bridgehead atoms. The molecular formula is C96H74N4O17. The molecule has 2 unspecified atom stereocenters. The van der Waals surface area contributed by atoms with Crippen LogP contribution in [0.1, 0.15) is 115 Å². The predicted molar refractivity (Wildman–Crippen MR) is 438 cm³/mol. The SMILES string of the molecule is C#CC#CC#CC#CC#CC#CC#CC#CC#CC#CC#COc1ccc2cc(COC(=O)CCC(=O)OC3C[C@H](n4cc(C)c(=O)[nH]c4=O)O[C@@H]3CC)ccc2c1-c1c(C)ccc2cc(COC(=O)CCC(=O)OC3C[C@H](n4cc(C)c(=O)[nH]c4=O)C[C@@H]3COC(c3ccccc3)(c3ccc(OC)cc3)c3ccc(OC)cc3)ccc12. The second kappa shape index (κ2) is 40.3. The van der Waals surface area contributed by atoms with Crippen LogP contribution in [0.15, 0.2) is 171 Å². The number of aromatic nitrogens is 4. The van der Waals surface area contributed by atoms with Gasteiger partial charge in [-0.15, -0.1) is 6.42 Å². The Hall–Kier alpha value is -15.2. The minimum Gasteiger partial charge on any atom is -0.497 e. The molecule has 117 heavy (non-hydrogen) atoms. The summed E-state index contributed by atoms with van der Waals surface area (Å²) >= 11 is 0. The maximum atomic E-state index is 14.1. The molecular weight excluding hydrogens is 1480 g/mol. The number of ether oxygens (including phenoxy) is 9. The van der Waals surface area contributed by atoms with Gasteiger partial charge in [-0.1, -0.05) is 104 Å². The van der Waals surface area contributed by atoms with Crippen LogP contribution in [-0.4, -0.2) is 82.1 Å². The van der Waals surface area contributed by atoms with E-state index in [4.69, 9.17) is 49.1 Å². The second-order valence-corrected chi connectivity index (χ2v) is 26.8. The number of terminal acetylenes is 1. The zero-order valence-corrected chi connectivity index (χ0v) is 64.6. The van der Waals surface area contributed by atoms with Crippen LogP contribution in [0.4, 0.5) is 0 Å². The van der Waals surface area contributed by atoms with Crippen LogP contribution in [0, 0.1) is 158 Å². The first kappa shape index (κ1) is 82.7. The zero-order valence-electron chi connectivity index (χ0n) is 64.6. The molecule has 1 aliphatic heterocycles. The van der Waals surface area contributed by atoms with Crippen molar-refractivity contribution in [2.75, 3.05) is 20.8 Å². The van der Waals surface area contributed by atoms with Gasteiger partial charge in [-0.3, -0.25) is 47.9 Å². The van der Waals surface area contributed by atoms with Gasteiger partial charge in [0.2, 0.25) is 0 Å². The molecule has 7 aromatic carbocycles. The quantitative estimate of drug-likeness (QED) is 0.0233. The van der Waals surface area contributed by atoms with Gasteiger partial charge in [0.1, 0.15) is 60.6 Å². The van der Waals surface area contributed by atoms with Crippen LogP contribution in [0.3, 0.4) is 0 Å². The van der Waals surface area contributed by atoms with Gasteiger partial charge in [-0.05, 0) is 184 Å². The summed E-state index contributed by atoms with van der Waals surface area (Å²) in [5.41, 5.74) is 3.15. The van der Waals surface area contributed by atoms with E-state index >= 15 is 0 Å². The molecule has 0 spiro atoms. The van der Waals surface area contributed by atoms with Crippen molar-refractivity contribution in [2.45, 2.75) is 128 Å². The van der Waals surface area contributed by atoms with E-state index in [1.165, 1.54) is 21.5 Å². The van der Waals surface area contributed by atoms with Crippen molar-refractivity contribution in [1.29, 1.82) is 0 Å². The van der Waals surface area contributed by atoms with Crippen molar-refractivity contribution in [3.05, 3.63) is 238 Å². The van der Waals surface area contributed by atoms with Gasteiger partial charge < -0.3 is 42.6 Å². The Labute approximate surface area is 675 Å². The van der Waals surface area contributed by atoms with Crippen molar-refractivity contribution in [3.63, 3.8) is 0 Å². The Morgan fingerprint density at radius 2 is 0.957 bits per heavy atom. The smallest absolute Gasteiger partial charge is 0.330 e. The number of fused-ring (bicyclic) bond motifs is 2. The number of esters is 4. The molecule has 1 saturated carbocycles. The summed E-state index contributed by atoms with van der Waals surface area (Å²) in [5.74, 6) is 48.9. The van der Waals surface area contributed by atoms with Gasteiger partial charge in [0.25, 0.3) is 11.1 Å². The molecule has 9 aromatic rings. The summed E-state index contributed by atoms with van der Waals surface area (Å²) in [7, 11) is 3.18. The summed E-state index contributed by atoms with van der Waals surface area (Å²) in [6, 6.07) is 43.1. The van der Waals surface area contributed by atoms with Crippen LogP contribution in [0.25, 0.3) is 32.7 Å². The Bertz CT molecular complexity index is 6290. The molecule has 21 heteroatoms. The van der Waals surface area contributed by atoms with Crippen molar-refractivity contribution < 1.29 is 61.8 Å². The van der Waals surface area contributed by atoms with E-state index in [9.17, 15) is 38.4 Å². The second-order valence-electron chi connectivity index (χ2n) is 26.8. The van der Waals surface area contributed by atoms with Gasteiger partial charge >= 0.3 is 35.3 Å². The fraction of sp³-hybridized carbons (Fsp3) is 0.250. The maximum Gasteiger partial charge on any atom is 0.330 e. The van der Waals surface area contributed by atoms with Crippen molar-refractivity contribution in [1.82, 2.24) is 19.1 Å². The molecule has 2 aliphatic rings. The number of nitrogens with one attached hydrogen (secondary N) is 2. The zero-order chi connectivity index (χ0) is 82.6. The third kappa shape index (κ3) is 21.5. The van der Waals surface area contributed by atoms with E-state index in [0.717, 1.165) is 49.4 Å². The molecule has 2 fully saturated rings. The highest BCUT2D eigenvalue weighted by molar-refractivity contribution is 6.09. The molecule has 6 atom stereocenters. The largest absolute Gasteiger partial charge is 0.497 e. The summed E-state index contributed by atoms with van der Waals surface area (Å²) in [4.78, 5) is 109. The van der Waals surface area contributed by atoms with E-state index in [1.54, 1.807) is 34.1 Å². The molecule has 0 radical (unpaired) electrons. The lowest BCUT2D eigenvalue weighted by Crippen LogP contribution is -2.36. The average Bonchev–Trinajstić information content (AvgIpc) is 1.18. The first-order chi connectivity index (χ1) is 56.9. The molecule has 2 N–H and O–H groups in total. The minimum absolute atomic E-state index is 0.0329. The number of nitrogens with zero attached hydrogens (tertiary/aromatic N) is 2. The van der Waals surface area contributed by atoms with Crippen molar-refractivity contribution in [3.8, 4) is 159 Å². The van der Waals surface area contributed by atoms with Crippen LogP contribution in [0.2, 0.25) is 0 Å². The number of hydrogen-bond donors (Lipinski definition) is 2. The van der Waals surface area contributed by atoms with Gasteiger partial charge in [0.05, 0.1) is 52.6 Å². The Balaban J connectivity index is 0.778. The summed E-state index contributed by atoms with van der Waals surface area (Å²) in [6.45, 7) is 6.77. The molecule has 21 nitrogen and oxygen atoms in total. The number of carbonyl (C=O) groups excluding carboxylic acids is 4. The summed E-state index contributed by atoms with van der Waals surface area (Å²) in [5, 5.41) is 3.09. The molecule has 11 rings (SSSR count). The first-order valence-corrected chi connectivity index (χ1v) is 37.1. The standard InChI is InChI=1S/C96H74N4O17/c1-8-10-11-12-13-14-15-16-17-18-19-20-21-22-23-24-25-26-27-31-54-111-82-49-38-71-56-69(63-113-87(102)51-53-89(104)117-84-59-85(115-81(84)9-2)100-61-67(5)93(106)98-95(100)108)36-48-80(71)91(82)90-65(3)34-37-70-55-68(35-47-79(70)90)62-112-86(101)50-52-88(103)116-83-58-76(99-60-66(4)92(105)97-94(99)107)57-72(83)64-114-96(73-32-29-28-30-33-73,74-39-43-77(109-6)44-40-74)75-41-45-78(110-7)46-42-75/h1,28-30,32-49,55-56,60-61,72,76,81,83-85H,9,50-53,57-59,62-64H2,2-7H3,(H,97,105,107)(H,98,106,108)/t72-,76-,81-,83?,84?,85-/m1/s1. The van der Waals surface area contributed by atoms with E-state index < -0.39 is 88.5 Å². The number of carbonyl (C=O) groups is 4. The number of benzene rings is 7. The van der Waals surface area contributed by atoms with Gasteiger partial charge in [-0.2, -0.15) is 0 Å². The number of rotatable bonds is 25. The lowest BCUT2D eigenvalue weighted by atomic mass is 9.79. The average molecular weight is 1560 g/mol. The Morgan fingerprint density at radius 3 is 1.47 bits per heavy atom. The number of aromatic amines is 2. The van der Waals surface area contributed by atoms with Crippen molar-refractivity contribution in [2.24, 2.45) is 5.92 Å². The minimum atomic E-state index is -1.23. The van der Waals surface area contributed by atoms with E-state index in [1.807, 2.05) is 147 Å². The van der Waals surface area contributed by atoms with Gasteiger partial charge in [0.15, 0.2) is 0 Å². The molecule has 1 saturated heterocycles. The lowest BCUT2D eigenvalue weighted by Gasteiger charge is -2.37. The van der Waals surface area contributed by atoms with Crippen molar-refractivity contribution >= 4 is 45.4 Å². The molecule has 580 valence electrons. The maximum absolute atomic E-state index is 14.1. The molecule has 0 amide bonds. The number of hydrogen-bond acceptors (Lipinski definition) is 17. The number of H-pyrrole nitrogens is 2. The highest BCUT2D eigenvalue weighted by Gasteiger charge is 2.44. The summed E-state index contributed by atoms with van der Waals surface area (Å²) in [6.07, 6.45) is 7.83. The third-order valence-corrected chi connectivity index (χ3v) is 19.3. The number of aryl methyl sites for hydroxylation is 3. The highest BCUT2D eigenvalue weighted by atomic mass is 16.6. The first-order valence-electron chi connectivity index (χ1n) is 37.1. The molecule has 1 aliphatic carbocycles. The van der Waals surface area contributed by atoms with Gasteiger partial charge in [0, 0.05) is 125 Å². The molecule has 2 aromatic heterocycles. The van der Waals surface area contributed by atoms with Crippen LogP contribution >= 0.6 is 0 Å². The van der Waals surface area contributed by atoms with Crippen LogP contribution < -0.4 is 36.7 Å². The van der Waals surface area contributed by atoms with Gasteiger partial charge in [-0.25, -0.2) is 9.59 Å². The van der Waals surface area contributed by atoms with E-state index in [2.05, 4.69) is 134 Å². The fourth-order valence-corrected chi connectivity index (χ4v) is 13.6. The van der Waals surface area contributed by atoms with Crippen LogP contribution in [0.5, 0.6) is 17.2 Å². The van der Waals surface area contributed by atoms with E-state index in [-0.39, 0.29) is 58.3 Å².